The van der Waals surface area contributed by atoms with Crippen LogP contribution in [0.3, 0.4) is 0 Å². The molecule has 1 heterocycles. The summed E-state index contributed by atoms with van der Waals surface area (Å²) in [5.41, 5.74) is -6.30. The van der Waals surface area contributed by atoms with Crippen LogP contribution in [0.25, 0.3) is 0 Å². The van der Waals surface area contributed by atoms with Gasteiger partial charge in [-0.2, -0.15) is 0 Å². The summed E-state index contributed by atoms with van der Waals surface area (Å²) in [6.45, 7) is 27.1. The fourth-order valence-corrected chi connectivity index (χ4v) is 17.5. The Balaban J connectivity index is 1.99. The predicted molar refractivity (Wildman–Crippen MR) is 230 cm³/mol. The van der Waals surface area contributed by atoms with Crippen LogP contribution >= 0.6 is 0 Å². The number of Topliss-reactive ketones (excluding diaryl/α,β-unsaturated/α-hetero) is 1. The van der Waals surface area contributed by atoms with Crippen LogP contribution in [0, 0.1) is 16.7 Å². The van der Waals surface area contributed by atoms with Gasteiger partial charge in [0.15, 0.2) is 36.3 Å². The van der Waals surface area contributed by atoms with Crippen LogP contribution in [-0.4, -0.2) is 96.1 Å². The van der Waals surface area contributed by atoms with E-state index < -0.39 is 131 Å². The lowest BCUT2D eigenvalue weighted by Gasteiger charge is -2.68. The molecule has 57 heavy (non-hydrogen) atoms. The third-order valence-electron chi connectivity index (χ3n) is 14.7. The quantitative estimate of drug-likeness (QED) is 0.104. The summed E-state index contributed by atoms with van der Waals surface area (Å²) in [5.74, 6) is -3.65. The zero-order chi connectivity index (χ0) is 46.9. The third kappa shape index (κ3) is 7.67. The Labute approximate surface area is 352 Å². The van der Waals surface area contributed by atoms with Crippen molar-refractivity contribution < 1.29 is 53.8 Å². The van der Waals surface area contributed by atoms with Gasteiger partial charge in [0, 0.05) is 25.2 Å². The Morgan fingerprint density at radius 2 is 1.44 bits per heavy atom. The van der Waals surface area contributed by atoms with Crippen LogP contribution < -0.4 is 0 Å². The van der Waals surface area contributed by atoms with E-state index in [0.717, 1.165) is 41.8 Å². The second-order valence-electron chi connectivity index (χ2n) is 18.7. The zero-order valence-corrected chi connectivity index (χ0v) is 39.9. The SMILES string of the molecule is [2H]c1c([2H])c([2H])c(C(=O)O[C@H]2[C@@H]3[C@]4(OC(C)=O)CO[C@@H]4C[C@H](O[Si](CC)(CC)CC)[C@@]3(C)C(=O)[C@H](O[Si](CC)(CC)CC)C3=C(C)[C@@H](O[Si](C)(C)C)CC2(O)C3(C)C)c([2H])c1[2H]. The number of benzene rings is 1. The first-order valence-corrected chi connectivity index (χ1v) is 29.7. The third-order valence-corrected chi connectivity index (χ3v) is 24.9. The van der Waals surface area contributed by atoms with E-state index in [4.69, 9.17) is 34.3 Å². The van der Waals surface area contributed by atoms with E-state index >= 15 is 4.79 Å². The summed E-state index contributed by atoms with van der Waals surface area (Å²) >= 11 is 0. The molecule has 0 amide bonds. The number of hydrogen-bond acceptors (Lipinski definition) is 10. The minimum atomic E-state index is -2.67. The lowest BCUT2D eigenvalue weighted by atomic mass is 9.44. The number of rotatable bonds is 15. The molecule has 4 aliphatic rings. The van der Waals surface area contributed by atoms with Crippen molar-refractivity contribution >= 4 is 42.7 Å². The molecule has 2 bridgehead atoms. The highest BCUT2D eigenvalue weighted by Gasteiger charge is 2.78. The standard InChI is InChI=1S/C44H72O10Si3/c1-15-56(16-2,17-3)53-33-26-34-43(28-49-34,51-30(8)45)37-39(50-40(47)31-24-22-21-23-25-31)44(48)27-32(52-55(12,13)14)29(7)35(41(44,9)10)36(38(46)42(33,37)11)54-57(18-4,19-5)20-6/h21-25,32-34,36-37,39,48H,15-20,26-28H2,1-14H3/t32-,33-,34+,36+,37-,39-,42+,43-,44?/m0/s1/i21D,22D,23D,24D,25D. The number of aliphatic hydroxyl groups is 1. The highest BCUT2D eigenvalue weighted by molar-refractivity contribution is 6.74. The molecule has 0 spiro atoms. The maximum atomic E-state index is 16.7. The molecule has 0 radical (unpaired) electrons. The summed E-state index contributed by atoms with van der Waals surface area (Å²) in [6, 6.07) is 0.684. The average Bonchev–Trinajstić information content (AvgIpc) is 3.20. The van der Waals surface area contributed by atoms with Crippen molar-refractivity contribution in [2.45, 2.75) is 187 Å². The summed E-state index contributed by atoms with van der Waals surface area (Å²) in [6.07, 6.45) is -5.36. The summed E-state index contributed by atoms with van der Waals surface area (Å²) in [7, 11) is -7.67. The minimum absolute atomic E-state index is 0.117. The lowest BCUT2D eigenvalue weighted by Crippen LogP contribution is -2.82. The largest absolute Gasteiger partial charge is 0.455 e. The summed E-state index contributed by atoms with van der Waals surface area (Å²) < 4.78 is 83.8. The van der Waals surface area contributed by atoms with Crippen LogP contribution in [0.5, 0.6) is 0 Å². The van der Waals surface area contributed by atoms with Crippen LogP contribution in [-0.2, 0) is 37.1 Å². The average molecular weight is 850 g/mol. The van der Waals surface area contributed by atoms with Gasteiger partial charge < -0.3 is 32.6 Å². The van der Waals surface area contributed by atoms with Gasteiger partial charge in [-0.1, -0.05) is 73.5 Å². The van der Waals surface area contributed by atoms with E-state index in [1.54, 1.807) is 6.92 Å². The lowest BCUT2D eigenvalue weighted by molar-refractivity contribution is -0.344. The first-order chi connectivity index (χ1) is 28.6. The molecule has 1 aromatic carbocycles. The van der Waals surface area contributed by atoms with Crippen molar-refractivity contribution in [2.24, 2.45) is 16.7 Å². The number of carbonyl (C=O) groups is 3. The Hall–Kier alpha value is -1.98. The second kappa shape index (κ2) is 16.5. The van der Waals surface area contributed by atoms with Gasteiger partial charge in [-0.3, -0.25) is 9.59 Å². The molecule has 10 nitrogen and oxygen atoms in total. The maximum Gasteiger partial charge on any atom is 0.338 e. The fourth-order valence-electron chi connectivity index (χ4n) is 10.7. The molecule has 2 saturated carbocycles. The highest BCUT2D eigenvalue weighted by atomic mass is 28.4. The van der Waals surface area contributed by atoms with Gasteiger partial charge in [0.1, 0.15) is 23.9 Å². The Morgan fingerprint density at radius 3 is 1.91 bits per heavy atom. The molecule has 3 fully saturated rings. The van der Waals surface area contributed by atoms with Gasteiger partial charge in [-0.25, -0.2) is 4.79 Å². The molecule has 5 rings (SSSR count). The number of esters is 2. The number of ether oxygens (including phenoxy) is 3. The van der Waals surface area contributed by atoms with Gasteiger partial charge in [-0.05, 0) is 93.0 Å². The van der Waals surface area contributed by atoms with E-state index in [1.807, 2.05) is 40.4 Å². The van der Waals surface area contributed by atoms with Crippen LogP contribution in [0.4, 0.5) is 0 Å². The Kier molecular flexibility index (Phi) is 11.3. The molecule has 13 heteroatoms. The summed E-state index contributed by atoms with van der Waals surface area (Å²) in [5, 5.41) is 14.2. The van der Waals surface area contributed by atoms with Crippen molar-refractivity contribution in [3.05, 3.63) is 46.9 Å². The first-order valence-electron chi connectivity index (χ1n) is 23.7. The van der Waals surface area contributed by atoms with Crippen LogP contribution in [0.2, 0.25) is 55.9 Å². The van der Waals surface area contributed by atoms with Crippen molar-refractivity contribution in [1.82, 2.24) is 0 Å². The monoisotopic (exact) mass is 849 g/mol. The van der Waals surface area contributed by atoms with Crippen molar-refractivity contribution in [1.29, 1.82) is 0 Å². The van der Waals surface area contributed by atoms with Gasteiger partial charge in [0.05, 0.1) is 42.6 Å². The maximum absolute atomic E-state index is 16.7. The predicted octanol–water partition coefficient (Wildman–Crippen LogP) is 9.00. The van der Waals surface area contributed by atoms with E-state index in [-0.39, 0.29) is 25.2 Å². The minimum Gasteiger partial charge on any atom is -0.455 e. The molecule has 320 valence electrons. The number of ketones is 1. The van der Waals surface area contributed by atoms with E-state index in [2.05, 4.69) is 41.5 Å². The topological polar surface area (TPSA) is 127 Å². The first kappa shape index (κ1) is 39.2. The van der Waals surface area contributed by atoms with Gasteiger partial charge in [-0.15, -0.1) is 0 Å². The molecule has 1 N–H and O–H groups in total. The normalized spacial score (nSPS) is 35.2. The fraction of sp³-hybridized carbons (Fsp3) is 0.750. The van der Waals surface area contributed by atoms with E-state index in [0.29, 0.717) is 5.57 Å². The molecule has 0 aromatic heterocycles. The van der Waals surface area contributed by atoms with Gasteiger partial charge in [0.2, 0.25) is 0 Å². The number of carbonyl (C=O) groups excluding carboxylic acids is 3. The number of fused-ring (bicyclic) bond motifs is 5. The van der Waals surface area contributed by atoms with E-state index in [1.165, 1.54) is 6.92 Å². The smallest absolute Gasteiger partial charge is 0.338 e. The second-order valence-corrected chi connectivity index (χ2v) is 32.6. The Bertz CT molecular complexity index is 1920. The van der Waals surface area contributed by atoms with Gasteiger partial charge in [0.25, 0.3) is 0 Å². The Morgan fingerprint density at radius 1 is 0.895 bits per heavy atom. The van der Waals surface area contributed by atoms with Crippen molar-refractivity contribution in [3.63, 3.8) is 0 Å². The molecule has 3 aliphatic carbocycles. The molecular formula is C44H72O10Si3. The molecular weight excluding hydrogens is 773 g/mol. The van der Waals surface area contributed by atoms with Gasteiger partial charge >= 0.3 is 11.9 Å². The molecule has 1 saturated heterocycles. The van der Waals surface area contributed by atoms with Crippen molar-refractivity contribution in [3.8, 4) is 0 Å². The van der Waals surface area contributed by atoms with Crippen LogP contribution in [0.15, 0.2) is 41.4 Å². The molecule has 1 aliphatic heterocycles. The zero-order valence-electron chi connectivity index (χ0n) is 41.9. The van der Waals surface area contributed by atoms with Crippen LogP contribution in [0.1, 0.15) is 106 Å². The molecule has 9 atom stereocenters. The number of hydrogen-bond donors (Lipinski definition) is 1. The van der Waals surface area contributed by atoms with E-state index in [9.17, 15) is 14.7 Å². The molecule has 1 aromatic rings. The van der Waals surface area contributed by atoms with Crippen molar-refractivity contribution in [2.75, 3.05) is 6.61 Å². The summed E-state index contributed by atoms with van der Waals surface area (Å²) in [4.78, 5) is 45.1. The highest BCUT2D eigenvalue weighted by Crippen LogP contribution is 2.65. The molecule has 1 unspecified atom stereocenters.